The lowest BCUT2D eigenvalue weighted by Crippen LogP contribution is -2.43. The van der Waals surface area contributed by atoms with Crippen LogP contribution in [0.4, 0.5) is 0 Å². The van der Waals surface area contributed by atoms with Gasteiger partial charge >= 0.3 is 0 Å². The van der Waals surface area contributed by atoms with Crippen LogP contribution in [0.15, 0.2) is 48.2 Å². The van der Waals surface area contributed by atoms with E-state index in [1.165, 1.54) is 4.90 Å². The molecule has 3 heterocycles. The van der Waals surface area contributed by atoms with Gasteiger partial charge in [0, 0.05) is 13.1 Å². The zero-order valence-corrected chi connectivity index (χ0v) is 19.3. The number of ether oxygens (including phenoxy) is 2. The molecule has 3 aliphatic heterocycles. The molecular weight excluding hydrogens is 418 g/mol. The van der Waals surface area contributed by atoms with Gasteiger partial charge in [0.1, 0.15) is 5.70 Å². The van der Waals surface area contributed by atoms with Crippen LogP contribution in [0.2, 0.25) is 0 Å². The van der Waals surface area contributed by atoms with Gasteiger partial charge in [-0.2, -0.15) is 0 Å². The fourth-order valence-electron chi connectivity index (χ4n) is 4.80. The number of likely N-dealkylation sites (tertiary alicyclic amines) is 1. The maximum atomic E-state index is 13.7. The Kier molecular flexibility index (Phi) is 5.58. The average Bonchev–Trinajstić information content (AvgIpc) is 3.37. The van der Waals surface area contributed by atoms with E-state index in [1.54, 1.807) is 0 Å². The topological polar surface area (TPSA) is 62.3 Å². The molecule has 0 saturated carbocycles. The van der Waals surface area contributed by atoms with Gasteiger partial charge in [-0.1, -0.05) is 35.9 Å². The van der Waals surface area contributed by atoms with E-state index in [-0.39, 0.29) is 31.2 Å². The molecule has 2 amide bonds. The Labute approximate surface area is 194 Å². The number of nitrogens with zero attached hydrogens (tertiary/aromatic N) is 3. The Bertz CT molecular complexity index is 1120. The van der Waals surface area contributed by atoms with E-state index in [4.69, 9.17) is 9.47 Å². The molecule has 0 atom stereocenters. The molecule has 33 heavy (non-hydrogen) atoms. The van der Waals surface area contributed by atoms with Gasteiger partial charge in [0.15, 0.2) is 11.5 Å². The molecule has 0 aromatic heterocycles. The summed E-state index contributed by atoms with van der Waals surface area (Å²) in [5.74, 6) is 0.826. The number of fused-ring (bicyclic) bond motifs is 1. The molecule has 2 aromatic rings. The molecule has 5 rings (SSSR count). The van der Waals surface area contributed by atoms with Crippen molar-refractivity contribution in [3.05, 3.63) is 64.9 Å². The number of aryl methyl sites for hydroxylation is 1. The number of amides is 2. The molecule has 2 aromatic carbocycles. The lowest BCUT2D eigenvalue weighted by molar-refractivity contribution is -0.138. The van der Waals surface area contributed by atoms with Crippen LogP contribution in [0.1, 0.15) is 29.5 Å². The molecule has 0 radical (unpaired) electrons. The first-order valence-electron chi connectivity index (χ1n) is 11.4. The van der Waals surface area contributed by atoms with Crippen molar-refractivity contribution in [1.29, 1.82) is 0 Å². The Morgan fingerprint density at radius 1 is 0.970 bits per heavy atom. The second-order valence-corrected chi connectivity index (χ2v) is 9.12. The normalized spacial score (nSPS) is 19.1. The van der Waals surface area contributed by atoms with Crippen molar-refractivity contribution in [2.24, 2.45) is 0 Å². The Morgan fingerprint density at radius 3 is 2.39 bits per heavy atom. The van der Waals surface area contributed by atoms with Gasteiger partial charge in [0.05, 0.1) is 12.1 Å². The molecule has 0 spiro atoms. The molecule has 0 unspecified atom stereocenters. The number of likely N-dealkylation sites (N-methyl/N-ethyl adjacent to an activating group) is 1. The summed E-state index contributed by atoms with van der Waals surface area (Å²) in [4.78, 5) is 33.0. The predicted molar refractivity (Wildman–Crippen MR) is 125 cm³/mol. The Hall–Kier alpha value is -3.32. The molecule has 3 aliphatic rings. The summed E-state index contributed by atoms with van der Waals surface area (Å²) in [5, 5.41) is 0. The standard InChI is InChI=1S/C26H29N3O4/c1-17-4-7-19(8-5-17)23-24(28(3)20-10-12-27(2)13-11-20)26(31)29(25(23)30)15-18-6-9-21-22(14-18)33-16-32-21/h4-9,14,20H,10-13,15-16H2,1-3H3. The van der Waals surface area contributed by atoms with E-state index < -0.39 is 0 Å². The predicted octanol–water partition coefficient (Wildman–Crippen LogP) is 3.03. The van der Waals surface area contributed by atoms with Crippen molar-refractivity contribution in [2.45, 2.75) is 32.4 Å². The zero-order chi connectivity index (χ0) is 23.1. The van der Waals surface area contributed by atoms with Gasteiger partial charge in [-0.15, -0.1) is 0 Å². The van der Waals surface area contributed by atoms with Gasteiger partial charge in [-0.3, -0.25) is 14.5 Å². The van der Waals surface area contributed by atoms with Crippen LogP contribution in [0.25, 0.3) is 5.57 Å². The SMILES string of the molecule is Cc1ccc(C2=C(N(C)C3CCN(C)CC3)C(=O)N(Cc3ccc4c(c3)OCO4)C2=O)cc1. The molecular formula is C26H29N3O4. The van der Waals surface area contributed by atoms with Crippen LogP contribution in [-0.2, 0) is 16.1 Å². The number of rotatable bonds is 5. The molecule has 0 N–H and O–H groups in total. The fourth-order valence-corrected chi connectivity index (χ4v) is 4.80. The molecule has 7 nitrogen and oxygen atoms in total. The zero-order valence-electron chi connectivity index (χ0n) is 19.3. The van der Waals surface area contributed by atoms with Gasteiger partial charge in [-0.25, -0.2) is 0 Å². The van der Waals surface area contributed by atoms with Crippen LogP contribution in [0, 0.1) is 6.92 Å². The summed E-state index contributed by atoms with van der Waals surface area (Å²) >= 11 is 0. The second-order valence-electron chi connectivity index (χ2n) is 9.12. The highest BCUT2D eigenvalue weighted by Crippen LogP contribution is 2.36. The first-order chi connectivity index (χ1) is 15.9. The van der Waals surface area contributed by atoms with Gasteiger partial charge in [0.2, 0.25) is 6.79 Å². The van der Waals surface area contributed by atoms with E-state index >= 15 is 0 Å². The van der Waals surface area contributed by atoms with Crippen LogP contribution in [0.5, 0.6) is 11.5 Å². The number of hydrogen-bond donors (Lipinski definition) is 0. The molecule has 7 heteroatoms. The lowest BCUT2D eigenvalue weighted by Gasteiger charge is -2.36. The minimum absolute atomic E-state index is 0.186. The number of carbonyl (C=O) groups excluding carboxylic acids is 2. The highest BCUT2D eigenvalue weighted by atomic mass is 16.7. The molecule has 172 valence electrons. The Morgan fingerprint density at radius 2 is 1.67 bits per heavy atom. The third-order valence-electron chi connectivity index (χ3n) is 6.85. The minimum atomic E-state index is -0.253. The van der Waals surface area contributed by atoms with E-state index in [9.17, 15) is 9.59 Å². The molecule has 1 fully saturated rings. The maximum absolute atomic E-state index is 13.7. The first-order valence-corrected chi connectivity index (χ1v) is 11.4. The molecule has 0 aliphatic carbocycles. The van der Waals surface area contributed by atoms with Crippen LogP contribution < -0.4 is 9.47 Å². The summed E-state index contributed by atoms with van der Waals surface area (Å²) in [7, 11) is 4.07. The number of imide groups is 1. The van der Waals surface area contributed by atoms with Crippen molar-refractivity contribution < 1.29 is 19.1 Å². The summed E-state index contributed by atoms with van der Waals surface area (Å²) in [6.45, 7) is 4.34. The summed E-state index contributed by atoms with van der Waals surface area (Å²) in [5.41, 5.74) is 3.70. The smallest absolute Gasteiger partial charge is 0.278 e. The van der Waals surface area contributed by atoms with Gasteiger partial charge in [0.25, 0.3) is 11.8 Å². The lowest BCUT2D eigenvalue weighted by atomic mass is 9.99. The summed E-state index contributed by atoms with van der Waals surface area (Å²) < 4.78 is 10.9. The van der Waals surface area contributed by atoms with Crippen LogP contribution in [-0.4, -0.2) is 66.5 Å². The van der Waals surface area contributed by atoms with Crippen LogP contribution in [0.3, 0.4) is 0 Å². The first kappa shape index (κ1) is 21.5. The highest BCUT2D eigenvalue weighted by molar-refractivity contribution is 6.35. The van der Waals surface area contributed by atoms with Gasteiger partial charge in [-0.05, 0) is 63.2 Å². The third-order valence-corrected chi connectivity index (χ3v) is 6.85. The minimum Gasteiger partial charge on any atom is -0.454 e. The average molecular weight is 448 g/mol. The molecule has 0 bridgehead atoms. The number of benzene rings is 2. The quantitative estimate of drug-likeness (QED) is 0.657. The van der Waals surface area contributed by atoms with Crippen molar-refractivity contribution in [2.75, 3.05) is 34.0 Å². The Balaban J connectivity index is 1.48. The maximum Gasteiger partial charge on any atom is 0.278 e. The van der Waals surface area contributed by atoms with E-state index in [1.807, 2.05) is 61.3 Å². The van der Waals surface area contributed by atoms with Crippen molar-refractivity contribution in [1.82, 2.24) is 14.7 Å². The largest absolute Gasteiger partial charge is 0.454 e. The number of carbonyl (C=O) groups is 2. The molecule has 1 saturated heterocycles. The van der Waals surface area contributed by atoms with Gasteiger partial charge < -0.3 is 19.3 Å². The van der Waals surface area contributed by atoms with E-state index in [0.29, 0.717) is 22.8 Å². The number of piperidine rings is 1. The van der Waals surface area contributed by atoms with Crippen molar-refractivity contribution in [3.8, 4) is 11.5 Å². The van der Waals surface area contributed by atoms with E-state index in [0.717, 1.165) is 42.6 Å². The number of hydrogen-bond acceptors (Lipinski definition) is 6. The van der Waals surface area contributed by atoms with Crippen molar-refractivity contribution >= 4 is 17.4 Å². The highest BCUT2D eigenvalue weighted by Gasteiger charge is 2.42. The van der Waals surface area contributed by atoms with E-state index in [2.05, 4.69) is 11.9 Å². The second kappa shape index (κ2) is 8.56. The van der Waals surface area contributed by atoms with Crippen molar-refractivity contribution in [3.63, 3.8) is 0 Å². The fraction of sp³-hybridized carbons (Fsp3) is 0.385. The third kappa shape index (κ3) is 3.97. The summed E-state index contributed by atoms with van der Waals surface area (Å²) in [6, 6.07) is 13.6. The monoisotopic (exact) mass is 447 g/mol. The van der Waals surface area contributed by atoms with Crippen LogP contribution >= 0.6 is 0 Å². The summed E-state index contributed by atoms with van der Waals surface area (Å²) in [6.07, 6.45) is 1.92.